The highest BCUT2D eigenvalue weighted by molar-refractivity contribution is 4.80. The van der Waals surface area contributed by atoms with Crippen molar-refractivity contribution in [3.05, 3.63) is 12.7 Å². The molecule has 0 fully saturated rings. The Kier molecular flexibility index (Phi) is 4.36. The van der Waals surface area contributed by atoms with Gasteiger partial charge >= 0.3 is 0 Å². The van der Waals surface area contributed by atoms with Crippen molar-refractivity contribution in [2.75, 3.05) is 6.61 Å². The summed E-state index contributed by atoms with van der Waals surface area (Å²) >= 11 is 0. The smallest absolute Gasteiger partial charge is 0.0621 e. The van der Waals surface area contributed by atoms with Crippen LogP contribution in [0.25, 0.3) is 0 Å². The fourth-order valence-electron chi connectivity index (χ4n) is 0.552. The second-order valence-electron chi connectivity index (χ2n) is 2.17. The zero-order valence-electron chi connectivity index (χ0n) is 5.75. The zero-order valence-corrected chi connectivity index (χ0v) is 5.75. The standard InChI is InChI=1S/C7H14O2/c1-3-6(2)7(9)4-5-8/h3,6-9H,1,4-5H2,2H3/t6-,7-/m0/s1. The van der Waals surface area contributed by atoms with E-state index in [1.54, 1.807) is 6.08 Å². The molecule has 0 radical (unpaired) electrons. The van der Waals surface area contributed by atoms with Crippen molar-refractivity contribution in [3.63, 3.8) is 0 Å². The van der Waals surface area contributed by atoms with Crippen molar-refractivity contribution in [3.8, 4) is 0 Å². The minimum Gasteiger partial charge on any atom is -0.396 e. The molecule has 2 N–H and O–H groups in total. The number of hydrogen-bond acceptors (Lipinski definition) is 2. The molecule has 54 valence electrons. The molecule has 2 atom stereocenters. The number of aliphatic hydroxyl groups is 2. The Morgan fingerprint density at radius 3 is 2.56 bits per heavy atom. The first kappa shape index (κ1) is 8.66. The van der Waals surface area contributed by atoms with Crippen LogP contribution in [0, 0.1) is 5.92 Å². The van der Waals surface area contributed by atoms with E-state index in [1.807, 2.05) is 6.92 Å². The van der Waals surface area contributed by atoms with Gasteiger partial charge in [0.25, 0.3) is 0 Å². The second-order valence-corrected chi connectivity index (χ2v) is 2.17. The fourth-order valence-corrected chi connectivity index (χ4v) is 0.552. The van der Waals surface area contributed by atoms with E-state index in [0.717, 1.165) is 0 Å². The van der Waals surface area contributed by atoms with Gasteiger partial charge in [0.15, 0.2) is 0 Å². The number of hydrogen-bond donors (Lipinski definition) is 2. The predicted octanol–water partition coefficient (Wildman–Crippen LogP) is 0.552. The molecule has 0 aliphatic rings. The fraction of sp³-hybridized carbons (Fsp3) is 0.714. The molecule has 0 aromatic heterocycles. The summed E-state index contributed by atoms with van der Waals surface area (Å²) in [5.74, 6) is 0.0807. The van der Waals surface area contributed by atoms with E-state index in [-0.39, 0.29) is 12.5 Å². The summed E-state index contributed by atoms with van der Waals surface area (Å²) < 4.78 is 0. The normalized spacial score (nSPS) is 16.8. The van der Waals surface area contributed by atoms with Crippen LogP contribution in [0.3, 0.4) is 0 Å². The maximum Gasteiger partial charge on any atom is 0.0621 e. The first-order valence-corrected chi connectivity index (χ1v) is 3.13. The molecule has 9 heavy (non-hydrogen) atoms. The van der Waals surface area contributed by atoms with Crippen LogP contribution in [0.5, 0.6) is 0 Å². The first-order chi connectivity index (χ1) is 4.22. The Hall–Kier alpha value is -0.340. The molecule has 0 spiro atoms. The molecule has 0 saturated carbocycles. The summed E-state index contributed by atoms with van der Waals surface area (Å²) in [5.41, 5.74) is 0. The molecular formula is C7H14O2. The molecule has 2 heteroatoms. The third-order valence-electron chi connectivity index (χ3n) is 1.40. The molecule has 0 bridgehead atoms. The Morgan fingerprint density at radius 2 is 2.22 bits per heavy atom. The topological polar surface area (TPSA) is 40.5 Å². The van der Waals surface area contributed by atoms with Crippen molar-refractivity contribution in [1.29, 1.82) is 0 Å². The largest absolute Gasteiger partial charge is 0.396 e. The average molecular weight is 130 g/mol. The maximum atomic E-state index is 9.09. The summed E-state index contributed by atoms with van der Waals surface area (Å²) in [5, 5.41) is 17.5. The average Bonchev–Trinajstić information content (AvgIpc) is 1.87. The van der Waals surface area contributed by atoms with E-state index in [0.29, 0.717) is 6.42 Å². The highest BCUT2D eigenvalue weighted by atomic mass is 16.3. The van der Waals surface area contributed by atoms with Crippen LogP contribution in [0.15, 0.2) is 12.7 Å². The minimum absolute atomic E-state index is 0.0410. The molecule has 0 saturated heterocycles. The lowest BCUT2D eigenvalue weighted by atomic mass is 10.0. The molecule has 0 aromatic carbocycles. The second kappa shape index (κ2) is 4.53. The SMILES string of the molecule is C=C[C@H](C)[C@@H](O)CCO. The highest BCUT2D eigenvalue weighted by Gasteiger charge is 2.08. The first-order valence-electron chi connectivity index (χ1n) is 3.13. The summed E-state index contributed by atoms with van der Waals surface area (Å²) in [6.07, 6.45) is 1.68. The van der Waals surface area contributed by atoms with Gasteiger partial charge in [0.1, 0.15) is 0 Å². The quantitative estimate of drug-likeness (QED) is 0.546. The van der Waals surface area contributed by atoms with Gasteiger partial charge in [-0.05, 0) is 12.3 Å². The lowest BCUT2D eigenvalue weighted by molar-refractivity contribution is 0.103. The monoisotopic (exact) mass is 130 g/mol. The molecule has 0 aliphatic carbocycles. The Balaban J connectivity index is 3.44. The number of rotatable bonds is 4. The van der Waals surface area contributed by atoms with Crippen LogP contribution in [-0.4, -0.2) is 22.9 Å². The lowest BCUT2D eigenvalue weighted by Gasteiger charge is -2.12. The van der Waals surface area contributed by atoms with Crippen molar-refractivity contribution in [2.45, 2.75) is 19.4 Å². The maximum absolute atomic E-state index is 9.09. The molecular weight excluding hydrogens is 116 g/mol. The van der Waals surface area contributed by atoms with Gasteiger partial charge in [-0.15, -0.1) is 6.58 Å². The highest BCUT2D eigenvalue weighted by Crippen LogP contribution is 2.06. The van der Waals surface area contributed by atoms with Crippen LogP contribution in [0.1, 0.15) is 13.3 Å². The van der Waals surface area contributed by atoms with Crippen LogP contribution in [-0.2, 0) is 0 Å². The van der Waals surface area contributed by atoms with E-state index >= 15 is 0 Å². The van der Waals surface area contributed by atoms with Crippen LogP contribution < -0.4 is 0 Å². The van der Waals surface area contributed by atoms with Gasteiger partial charge < -0.3 is 10.2 Å². The van der Waals surface area contributed by atoms with E-state index in [1.165, 1.54) is 0 Å². The van der Waals surface area contributed by atoms with Gasteiger partial charge in [-0.1, -0.05) is 13.0 Å². The van der Waals surface area contributed by atoms with Gasteiger partial charge in [-0.2, -0.15) is 0 Å². The predicted molar refractivity (Wildman–Crippen MR) is 37.1 cm³/mol. The lowest BCUT2D eigenvalue weighted by Crippen LogP contribution is -2.16. The summed E-state index contributed by atoms with van der Waals surface area (Å²) in [6, 6.07) is 0. The summed E-state index contributed by atoms with van der Waals surface area (Å²) in [6.45, 7) is 5.43. The van der Waals surface area contributed by atoms with Crippen molar-refractivity contribution >= 4 is 0 Å². The Morgan fingerprint density at radius 1 is 1.67 bits per heavy atom. The van der Waals surface area contributed by atoms with Crippen molar-refractivity contribution in [2.24, 2.45) is 5.92 Å². The minimum atomic E-state index is -0.438. The third-order valence-corrected chi connectivity index (χ3v) is 1.40. The molecule has 0 amide bonds. The summed E-state index contributed by atoms with van der Waals surface area (Å²) in [4.78, 5) is 0. The molecule has 0 unspecified atom stereocenters. The molecule has 2 nitrogen and oxygen atoms in total. The van der Waals surface area contributed by atoms with E-state index in [2.05, 4.69) is 6.58 Å². The van der Waals surface area contributed by atoms with Crippen molar-refractivity contribution < 1.29 is 10.2 Å². The molecule has 0 heterocycles. The van der Waals surface area contributed by atoms with Gasteiger partial charge in [-0.3, -0.25) is 0 Å². The van der Waals surface area contributed by atoms with Crippen molar-refractivity contribution in [1.82, 2.24) is 0 Å². The zero-order chi connectivity index (χ0) is 7.28. The van der Waals surface area contributed by atoms with Gasteiger partial charge in [0.2, 0.25) is 0 Å². The molecule has 0 rings (SSSR count). The van der Waals surface area contributed by atoms with Crippen LogP contribution in [0.2, 0.25) is 0 Å². The Bertz CT molecular complexity index is 81.0. The number of aliphatic hydroxyl groups excluding tert-OH is 2. The van der Waals surface area contributed by atoms with Crippen LogP contribution in [0.4, 0.5) is 0 Å². The van der Waals surface area contributed by atoms with Gasteiger partial charge in [0, 0.05) is 6.61 Å². The summed E-state index contributed by atoms with van der Waals surface area (Å²) in [7, 11) is 0. The van der Waals surface area contributed by atoms with E-state index in [9.17, 15) is 0 Å². The third kappa shape index (κ3) is 3.27. The molecule has 0 aromatic rings. The van der Waals surface area contributed by atoms with Gasteiger partial charge in [0.05, 0.1) is 6.10 Å². The molecule has 0 aliphatic heterocycles. The Labute approximate surface area is 55.8 Å². The van der Waals surface area contributed by atoms with E-state index in [4.69, 9.17) is 10.2 Å². The van der Waals surface area contributed by atoms with Gasteiger partial charge in [-0.25, -0.2) is 0 Å². The van der Waals surface area contributed by atoms with E-state index < -0.39 is 6.10 Å². The van der Waals surface area contributed by atoms with Crippen LogP contribution >= 0.6 is 0 Å².